The van der Waals surface area contributed by atoms with E-state index in [1.807, 2.05) is 6.07 Å². The summed E-state index contributed by atoms with van der Waals surface area (Å²) in [6.45, 7) is 3.40. The van der Waals surface area contributed by atoms with Gasteiger partial charge in [-0.05, 0) is 24.3 Å². The van der Waals surface area contributed by atoms with Crippen molar-refractivity contribution >= 4 is 34.9 Å². The number of carbonyl (C=O) groups is 1. The van der Waals surface area contributed by atoms with Crippen molar-refractivity contribution in [1.82, 2.24) is 15.1 Å². The Morgan fingerprint density at radius 3 is 2.48 bits per heavy atom. The molecule has 0 unspecified atom stereocenters. The summed E-state index contributed by atoms with van der Waals surface area (Å²) in [7, 11) is 1.61. The minimum atomic E-state index is -0.0932. The second-order valence-corrected chi connectivity index (χ2v) is 6.82. The summed E-state index contributed by atoms with van der Waals surface area (Å²) in [5, 5.41) is 9.15. The highest BCUT2D eigenvalue weighted by molar-refractivity contribution is 6.36. The number of carbonyl (C=O) groups excluding carboxylic acids is 1. The van der Waals surface area contributed by atoms with Crippen LogP contribution in [0.5, 0.6) is 5.88 Å². The number of methoxy groups -OCH3 is 1. The normalized spacial score (nSPS) is 14.3. The molecule has 1 aliphatic heterocycles. The van der Waals surface area contributed by atoms with E-state index in [1.54, 1.807) is 36.3 Å². The van der Waals surface area contributed by atoms with Gasteiger partial charge in [-0.3, -0.25) is 4.79 Å². The Morgan fingerprint density at radius 1 is 1.07 bits per heavy atom. The highest BCUT2D eigenvalue weighted by Gasteiger charge is 2.24. The maximum absolute atomic E-state index is 12.7. The second kappa shape index (κ2) is 9.21. The molecule has 1 amide bonds. The molecule has 2 aromatic rings. The van der Waals surface area contributed by atoms with E-state index in [0.717, 1.165) is 5.82 Å². The predicted molar refractivity (Wildman–Crippen MR) is 104 cm³/mol. The second-order valence-electron chi connectivity index (χ2n) is 5.97. The van der Waals surface area contributed by atoms with Crippen LogP contribution in [-0.4, -0.2) is 67.5 Å². The molecule has 7 nitrogen and oxygen atoms in total. The van der Waals surface area contributed by atoms with Crippen LogP contribution in [-0.2, 0) is 4.74 Å². The van der Waals surface area contributed by atoms with E-state index in [0.29, 0.717) is 60.9 Å². The van der Waals surface area contributed by atoms with Crippen LogP contribution in [0.25, 0.3) is 0 Å². The van der Waals surface area contributed by atoms with Gasteiger partial charge in [-0.25, -0.2) is 0 Å². The fourth-order valence-electron chi connectivity index (χ4n) is 2.76. The number of halogens is 2. The van der Waals surface area contributed by atoms with Crippen LogP contribution in [0, 0.1) is 0 Å². The van der Waals surface area contributed by atoms with E-state index < -0.39 is 0 Å². The summed E-state index contributed by atoms with van der Waals surface area (Å²) in [5.41, 5.74) is 0.465. The Labute approximate surface area is 167 Å². The zero-order valence-electron chi connectivity index (χ0n) is 14.9. The average Bonchev–Trinajstić information content (AvgIpc) is 2.68. The molecule has 3 rings (SSSR count). The first kappa shape index (κ1) is 19.7. The smallest absolute Gasteiger partial charge is 0.255 e. The van der Waals surface area contributed by atoms with Gasteiger partial charge in [0.15, 0.2) is 5.82 Å². The first-order valence-electron chi connectivity index (χ1n) is 8.53. The van der Waals surface area contributed by atoms with E-state index >= 15 is 0 Å². The number of anilines is 1. The molecule has 27 heavy (non-hydrogen) atoms. The highest BCUT2D eigenvalue weighted by atomic mass is 35.5. The minimum absolute atomic E-state index is 0.0932. The maximum atomic E-state index is 12.7. The molecule has 0 radical (unpaired) electrons. The van der Waals surface area contributed by atoms with Gasteiger partial charge in [0.1, 0.15) is 6.61 Å². The third kappa shape index (κ3) is 5.00. The summed E-state index contributed by atoms with van der Waals surface area (Å²) in [6, 6.07) is 8.56. The SMILES string of the molecule is COCCOc1ccc(N2CCN(C(=O)c3ccc(Cl)cc3Cl)CC2)nn1. The Hall–Kier alpha value is -2.09. The van der Waals surface area contributed by atoms with E-state index in [9.17, 15) is 4.79 Å². The van der Waals surface area contributed by atoms with Crippen LogP contribution in [0.3, 0.4) is 0 Å². The Bertz CT molecular complexity index is 781. The summed E-state index contributed by atoms with van der Waals surface area (Å²) in [5.74, 6) is 1.12. The Balaban J connectivity index is 1.56. The lowest BCUT2D eigenvalue weighted by Crippen LogP contribution is -2.49. The molecule has 0 saturated carbocycles. The third-order valence-corrected chi connectivity index (χ3v) is 4.76. The Kier molecular flexibility index (Phi) is 6.71. The number of nitrogens with zero attached hydrogens (tertiary/aromatic N) is 4. The quantitative estimate of drug-likeness (QED) is 0.682. The highest BCUT2D eigenvalue weighted by Crippen LogP contribution is 2.23. The van der Waals surface area contributed by atoms with Crippen molar-refractivity contribution in [3.8, 4) is 5.88 Å². The maximum Gasteiger partial charge on any atom is 0.255 e. The van der Waals surface area contributed by atoms with Crippen LogP contribution in [0.1, 0.15) is 10.4 Å². The van der Waals surface area contributed by atoms with Crippen molar-refractivity contribution in [3.63, 3.8) is 0 Å². The lowest BCUT2D eigenvalue weighted by Gasteiger charge is -2.35. The number of ether oxygens (including phenoxy) is 2. The molecular weight excluding hydrogens is 391 g/mol. The van der Waals surface area contributed by atoms with Crippen LogP contribution < -0.4 is 9.64 Å². The van der Waals surface area contributed by atoms with Crippen molar-refractivity contribution < 1.29 is 14.3 Å². The van der Waals surface area contributed by atoms with Crippen molar-refractivity contribution in [2.45, 2.75) is 0 Å². The van der Waals surface area contributed by atoms with Gasteiger partial charge < -0.3 is 19.3 Å². The zero-order chi connectivity index (χ0) is 19.2. The lowest BCUT2D eigenvalue weighted by molar-refractivity contribution is 0.0746. The molecular formula is C18H20Cl2N4O3. The van der Waals surface area contributed by atoms with Crippen molar-refractivity contribution in [3.05, 3.63) is 45.9 Å². The molecule has 1 aromatic carbocycles. The fraction of sp³-hybridized carbons (Fsp3) is 0.389. The third-order valence-electron chi connectivity index (χ3n) is 4.22. The molecule has 1 fully saturated rings. The first-order valence-corrected chi connectivity index (χ1v) is 9.29. The molecule has 2 heterocycles. The standard InChI is InChI=1S/C18H20Cl2N4O3/c1-26-10-11-27-17-5-4-16(21-22-17)23-6-8-24(9-7-23)18(25)14-3-2-13(19)12-15(14)20/h2-5,12H,6-11H2,1H3. The molecule has 0 atom stereocenters. The number of hydrogen-bond donors (Lipinski definition) is 0. The number of amides is 1. The largest absolute Gasteiger partial charge is 0.474 e. The molecule has 9 heteroatoms. The predicted octanol–water partition coefficient (Wildman–Crippen LogP) is 2.77. The van der Waals surface area contributed by atoms with Gasteiger partial charge in [0.25, 0.3) is 5.91 Å². The molecule has 1 aromatic heterocycles. The number of aromatic nitrogens is 2. The van der Waals surface area contributed by atoms with Gasteiger partial charge in [0.05, 0.1) is 17.2 Å². The molecule has 0 bridgehead atoms. The Morgan fingerprint density at radius 2 is 1.85 bits per heavy atom. The van der Waals surface area contributed by atoms with E-state index in [4.69, 9.17) is 32.7 Å². The van der Waals surface area contributed by atoms with E-state index in [1.165, 1.54) is 0 Å². The van der Waals surface area contributed by atoms with E-state index in [-0.39, 0.29) is 5.91 Å². The zero-order valence-corrected chi connectivity index (χ0v) is 16.4. The topological polar surface area (TPSA) is 67.8 Å². The van der Waals surface area contributed by atoms with Gasteiger partial charge in [-0.1, -0.05) is 23.2 Å². The number of hydrogen-bond acceptors (Lipinski definition) is 6. The first-order chi connectivity index (χ1) is 13.1. The molecule has 0 N–H and O–H groups in total. The minimum Gasteiger partial charge on any atom is -0.474 e. The molecule has 1 saturated heterocycles. The molecule has 1 aliphatic rings. The summed E-state index contributed by atoms with van der Waals surface area (Å²) < 4.78 is 10.3. The van der Waals surface area contributed by atoms with Crippen LogP contribution in [0.4, 0.5) is 5.82 Å². The van der Waals surface area contributed by atoms with Crippen LogP contribution >= 0.6 is 23.2 Å². The van der Waals surface area contributed by atoms with Gasteiger partial charge >= 0.3 is 0 Å². The van der Waals surface area contributed by atoms with Crippen molar-refractivity contribution in [2.24, 2.45) is 0 Å². The van der Waals surface area contributed by atoms with Gasteiger partial charge in [0, 0.05) is 44.4 Å². The number of benzene rings is 1. The summed E-state index contributed by atoms with van der Waals surface area (Å²) >= 11 is 12.0. The summed E-state index contributed by atoms with van der Waals surface area (Å²) in [6.07, 6.45) is 0. The lowest BCUT2D eigenvalue weighted by atomic mass is 10.2. The van der Waals surface area contributed by atoms with Crippen molar-refractivity contribution in [2.75, 3.05) is 51.4 Å². The molecule has 0 aliphatic carbocycles. The molecule has 0 spiro atoms. The van der Waals surface area contributed by atoms with E-state index in [2.05, 4.69) is 15.1 Å². The van der Waals surface area contributed by atoms with Crippen molar-refractivity contribution in [1.29, 1.82) is 0 Å². The summed E-state index contributed by atoms with van der Waals surface area (Å²) in [4.78, 5) is 16.5. The monoisotopic (exact) mass is 410 g/mol. The van der Waals surface area contributed by atoms with Gasteiger partial charge in [0.2, 0.25) is 5.88 Å². The van der Waals surface area contributed by atoms with Crippen LogP contribution in [0.15, 0.2) is 30.3 Å². The fourth-order valence-corrected chi connectivity index (χ4v) is 3.25. The number of rotatable bonds is 6. The average molecular weight is 411 g/mol. The van der Waals surface area contributed by atoms with Gasteiger partial charge in [-0.15, -0.1) is 10.2 Å². The number of piperazine rings is 1. The van der Waals surface area contributed by atoms with Crippen LogP contribution in [0.2, 0.25) is 10.0 Å². The van der Waals surface area contributed by atoms with Gasteiger partial charge in [-0.2, -0.15) is 0 Å². The molecule has 144 valence electrons.